The van der Waals surface area contributed by atoms with Gasteiger partial charge in [-0.15, -0.1) is 0 Å². The fourth-order valence-electron chi connectivity index (χ4n) is 6.27. The van der Waals surface area contributed by atoms with Gasteiger partial charge in [0.2, 0.25) is 0 Å². The minimum atomic E-state index is 0.745. The molecule has 3 aromatic rings. The predicted molar refractivity (Wildman–Crippen MR) is 167 cm³/mol. The summed E-state index contributed by atoms with van der Waals surface area (Å²) in [6.45, 7) is 4.57. The van der Waals surface area contributed by atoms with Crippen LogP contribution < -0.4 is 0 Å². The molecule has 38 heavy (non-hydrogen) atoms. The van der Waals surface area contributed by atoms with E-state index in [-0.39, 0.29) is 0 Å². The van der Waals surface area contributed by atoms with E-state index >= 15 is 0 Å². The zero-order valence-electron chi connectivity index (χ0n) is 24.2. The Labute approximate surface area is 233 Å². The number of hydrogen-bond acceptors (Lipinski definition) is 0. The summed E-state index contributed by atoms with van der Waals surface area (Å²) in [5, 5.41) is 2.62. The number of unbranched alkanes of at least 4 members (excludes halogenated alkanes) is 8. The summed E-state index contributed by atoms with van der Waals surface area (Å²) in [6.07, 6.45) is 22.0. The van der Waals surface area contributed by atoms with Crippen LogP contribution in [0.25, 0.3) is 10.8 Å². The molecule has 0 nitrogen and oxygen atoms in total. The Kier molecular flexibility index (Phi) is 11.8. The highest BCUT2D eigenvalue weighted by molar-refractivity contribution is 5.84. The van der Waals surface area contributed by atoms with E-state index in [0.717, 1.165) is 23.0 Å². The topological polar surface area (TPSA) is 0 Å². The Morgan fingerprint density at radius 1 is 0.579 bits per heavy atom. The van der Waals surface area contributed by atoms with Gasteiger partial charge < -0.3 is 0 Å². The molecule has 1 fully saturated rings. The molecule has 0 aliphatic heterocycles. The SMILES string of the molecule is CCCCCCCCC1CCC(c2ccc(C#Cc3ccc4cc(CCCCCC)ccc4c3)cc2)CC1. The third-order valence-corrected chi connectivity index (χ3v) is 8.77. The predicted octanol–water partition coefficient (Wildman–Crippen LogP) is 11.4. The third kappa shape index (κ3) is 9.05. The van der Waals surface area contributed by atoms with Crippen molar-refractivity contribution in [3.05, 3.63) is 82.9 Å². The van der Waals surface area contributed by atoms with E-state index in [1.807, 2.05) is 0 Å². The highest BCUT2D eigenvalue weighted by atomic mass is 14.3. The molecule has 0 saturated heterocycles. The van der Waals surface area contributed by atoms with Gasteiger partial charge in [0, 0.05) is 11.1 Å². The van der Waals surface area contributed by atoms with Crippen molar-refractivity contribution in [2.45, 2.75) is 122 Å². The van der Waals surface area contributed by atoms with Gasteiger partial charge in [-0.25, -0.2) is 0 Å². The van der Waals surface area contributed by atoms with E-state index in [9.17, 15) is 0 Å². The van der Waals surface area contributed by atoms with Gasteiger partial charge in [0.25, 0.3) is 0 Å². The van der Waals surface area contributed by atoms with Crippen LogP contribution in [0.5, 0.6) is 0 Å². The fourth-order valence-corrected chi connectivity index (χ4v) is 6.27. The number of benzene rings is 3. The summed E-state index contributed by atoms with van der Waals surface area (Å²) in [5.74, 6) is 8.53. The van der Waals surface area contributed by atoms with E-state index < -0.39 is 0 Å². The van der Waals surface area contributed by atoms with Crippen LogP contribution >= 0.6 is 0 Å². The van der Waals surface area contributed by atoms with Crippen molar-refractivity contribution in [2.75, 3.05) is 0 Å². The maximum absolute atomic E-state index is 3.41. The normalized spacial score (nSPS) is 17.3. The molecular formula is C38H50. The van der Waals surface area contributed by atoms with E-state index in [4.69, 9.17) is 0 Å². The van der Waals surface area contributed by atoms with Gasteiger partial charge in [0.15, 0.2) is 0 Å². The minimum Gasteiger partial charge on any atom is -0.0654 e. The number of rotatable bonds is 13. The van der Waals surface area contributed by atoms with Crippen molar-refractivity contribution < 1.29 is 0 Å². The quantitative estimate of drug-likeness (QED) is 0.160. The van der Waals surface area contributed by atoms with Gasteiger partial charge >= 0.3 is 0 Å². The Morgan fingerprint density at radius 3 is 1.95 bits per heavy atom. The summed E-state index contributed by atoms with van der Waals surface area (Å²) < 4.78 is 0. The summed E-state index contributed by atoms with van der Waals surface area (Å²) in [7, 11) is 0. The third-order valence-electron chi connectivity index (χ3n) is 8.77. The minimum absolute atomic E-state index is 0.745. The lowest BCUT2D eigenvalue weighted by molar-refractivity contribution is 0.302. The van der Waals surface area contributed by atoms with E-state index in [1.54, 1.807) is 0 Å². The Morgan fingerprint density at radius 2 is 1.18 bits per heavy atom. The van der Waals surface area contributed by atoms with Crippen LogP contribution in [0.4, 0.5) is 0 Å². The highest BCUT2D eigenvalue weighted by Gasteiger charge is 2.21. The van der Waals surface area contributed by atoms with Crippen molar-refractivity contribution in [1.82, 2.24) is 0 Å². The van der Waals surface area contributed by atoms with Crippen molar-refractivity contribution >= 4 is 10.8 Å². The molecule has 0 spiro atoms. The molecule has 0 heteroatoms. The van der Waals surface area contributed by atoms with E-state index in [0.29, 0.717) is 0 Å². The molecule has 0 radical (unpaired) electrons. The monoisotopic (exact) mass is 506 g/mol. The molecule has 0 amide bonds. The molecule has 0 atom stereocenters. The lowest BCUT2D eigenvalue weighted by atomic mass is 9.77. The molecule has 0 unspecified atom stereocenters. The van der Waals surface area contributed by atoms with Crippen LogP contribution in [0, 0.1) is 17.8 Å². The van der Waals surface area contributed by atoms with E-state index in [1.165, 1.54) is 125 Å². The molecule has 4 rings (SSSR count). The summed E-state index contributed by atoms with van der Waals surface area (Å²) in [4.78, 5) is 0. The summed E-state index contributed by atoms with van der Waals surface area (Å²) in [6, 6.07) is 22.7. The molecule has 0 heterocycles. The lowest BCUT2D eigenvalue weighted by Gasteiger charge is -2.29. The van der Waals surface area contributed by atoms with Gasteiger partial charge in [0.05, 0.1) is 0 Å². The number of fused-ring (bicyclic) bond motifs is 1. The van der Waals surface area contributed by atoms with Crippen LogP contribution in [0.1, 0.15) is 138 Å². The molecule has 1 aliphatic rings. The average Bonchev–Trinajstić information content (AvgIpc) is 2.96. The Balaban J connectivity index is 1.25. The maximum Gasteiger partial charge on any atom is 0.0255 e. The highest BCUT2D eigenvalue weighted by Crippen LogP contribution is 2.37. The fraction of sp³-hybridized carbons (Fsp3) is 0.526. The van der Waals surface area contributed by atoms with Gasteiger partial charge in [-0.1, -0.05) is 126 Å². The zero-order valence-corrected chi connectivity index (χ0v) is 24.2. The standard InChI is InChI=1S/C38H50/c1-3-5-7-9-10-12-13-31-17-23-35(24-18-31)36-25-19-32(20-26-36)15-16-34-22-28-37-29-33(14-11-8-6-4-2)21-27-38(37)30-34/h19-22,25-31,35H,3-14,17-18,23-24H2,1-2H3. The maximum atomic E-state index is 3.41. The van der Waals surface area contributed by atoms with Crippen LogP contribution in [0.2, 0.25) is 0 Å². The lowest BCUT2D eigenvalue weighted by Crippen LogP contribution is -2.13. The first kappa shape index (κ1) is 28.5. The van der Waals surface area contributed by atoms with Crippen LogP contribution in [-0.4, -0.2) is 0 Å². The first-order valence-corrected chi connectivity index (χ1v) is 15.9. The molecule has 0 bridgehead atoms. The van der Waals surface area contributed by atoms with Crippen molar-refractivity contribution in [1.29, 1.82) is 0 Å². The molecule has 0 N–H and O–H groups in total. The second kappa shape index (κ2) is 15.8. The molecular weight excluding hydrogens is 456 g/mol. The molecule has 202 valence electrons. The van der Waals surface area contributed by atoms with Gasteiger partial charge in [-0.2, -0.15) is 0 Å². The van der Waals surface area contributed by atoms with Gasteiger partial charge in [0.1, 0.15) is 0 Å². The first-order chi connectivity index (χ1) is 18.7. The van der Waals surface area contributed by atoms with Crippen molar-refractivity contribution in [3.63, 3.8) is 0 Å². The molecule has 1 saturated carbocycles. The average molecular weight is 507 g/mol. The zero-order chi connectivity index (χ0) is 26.4. The number of aryl methyl sites for hydroxylation is 1. The van der Waals surface area contributed by atoms with Gasteiger partial charge in [-0.3, -0.25) is 0 Å². The Hall–Kier alpha value is -2.52. The number of hydrogen-bond donors (Lipinski definition) is 0. The molecule has 0 aromatic heterocycles. The van der Waals surface area contributed by atoms with E-state index in [2.05, 4.69) is 86.4 Å². The van der Waals surface area contributed by atoms with Crippen LogP contribution in [0.15, 0.2) is 60.7 Å². The molecule has 3 aromatic carbocycles. The molecule has 1 aliphatic carbocycles. The van der Waals surface area contributed by atoms with Crippen LogP contribution in [-0.2, 0) is 6.42 Å². The van der Waals surface area contributed by atoms with Crippen molar-refractivity contribution in [3.8, 4) is 11.8 Å². The second-order valence-corrected chi connectivity index (χ2v) is 11.9. The van der Waals surface area contributed by atoms with Crippen molar-refractivity contribution in [2.24, 2.45) is 5.92 Å². The Bertz CT molecular complexity index is 1150. The van der Waals surface area contributed by atoms with Gasteiger partial charge in [-0.05, 0) is 96.5 Å². The summed E-state index contributed by atoms with van der Waals surface area (Å²) >= 11 is 0. The largest absolute Gasteiger partial charge is 0.0654 e. The first-order valence-electron chi connectivity index (χ1n) is 15.9. The second-order valence-electron chi connectivity index (χ2n) is 11.9. The summed E-state index contributed by atoms with van der Waals surface area (Å²) in [5.41, 5.74) is 5.19. The smallest absolute Gasteiger partial charge is 0.0255 e. The van der Waals surface area contributed by atoms with Crippen LogP contribution in [0.3, 0.4) is 0 Å².